The van der Waals surface area contributed by atoms with E-state index in [0.29, 0.717) is 12.4 Å². The van der Waals surface area contributed by atoms with E-state index in [-0.39, 0.29) is 11.3 Å². The summed E-state index contributed by atoms with van der Waals surface area (Å²) in [4.78, 5) is 12.5. The van der Waals surface area contributed by atoms with Gasteiger partial charge in [-0.15, -0.1) is 0 Å². The lowest BCUT2D eigenvalue weighted by molar-refractivity contribution is 0.0734. The third-order valence-electron chi connectivity index (χ3n) is 6.59. The van der Waals surface area contributed by atoms with Crippen molar-refractivity contribution >= 4 is 5.97 Å². The van der Waals surface area contributed by atoms with Crippen LogP contribution in [0.5, 0.6) is 11.5 Å². The van der Waals surface area contributed by atoms with E-state index in [0.717, 1.165) is 30.4 Å². The van der Waals surface area contributed by atoms with E-state index >= 15 is 0 Å². The minimum atomic E-state index is -0.596. The van der Waals surface area contributed by atoms with Crippen molar-refractivity contribution < 1.29 is 18.7 Å². The number of esters is 1. The van der Waals surface area contributed by atoms with E-state index in [9.17, 15) is 9.18 Å². The van der Waals surface area contributed by atoms with E-state index in [1.54, 1.807) is 12.1 Å². The molecule has 0 heterocycles. The van der Waals surface area contributed by atoms with Crippen LogP contribution in [0, 0.1) is 5.82 Å². The standard InChI is InChI=1S/C33H41FO3/c1-3-5-7-9-11-13-26-14-16-27(17-15-26)28-18-21-30(22-19-28)37-33(35)29-20-23-32(31(34)25-29)36-24-12-10-8-6-4-2/h14-23,25H,3-13,24H2,1-2H3. The molecule has 37 heavy (non-hydrogen) atoms. The van der Waals surface area contributed by atoms with Crippen LogP contribution in [0.2, 0.25) is 0 Å². The quantitative estimate of drug-likeness (QED) is 0.111. The van der Waals surface area contributed by atoms with E-state index in [1.165, 1.54) is 75.1 Å². The molecule has 3 rings (SSSR count). The van der Waals surface area contributed by atoms with Crippen molar-refractivity contribution in [1.82, 2.24) is 0 Å². The zero-order valence-corrected chi connectivity index (χ0v) is 22.4. The molecule has 0 saturated carbocycles. The van der Waals surface area contributed by atoms with E-state index < -0.39 is 11.8 Å². The Bertz CT molecular complexity index is 1070. The molecule has 3 nitrogen and oxygen atoms in total. The van der Waals surface area contributed by atoms with Gasteiger partial charge in [0.25, 0.3) is 0 Å². The lowest BCUT2D eigenvalue weighted by atomic mass is 10.0. The first kappa shape index (κ1) is 28.4. The molecule has 0 aromatic heterocycles. The van der Waals surface area contributed by atoms with Crippen LogP contribution >= 0.6 is 0 Å². The fraction of sp³-hybridized carbons (Fsp3) is 0.424. The summed E-state index contributed by atoms with van der Waals surface area (Å²) in [5.74, 6) is -0.562. The minimum Gasteiger partial charge on any atom is -0.491 e. The summed E-state index contributed by atoms with van der Waals surface area (Å²) in [5, 5.41) is 0. The van der Waals surface area contributed by atoms with Gasteiger partial charge in [0, 0.05) is 0 Å². The van der Waals surface area contributed by atoms with Crippen LogP contribution in [0.25, 0.3) is 11.1 Å². The molecule has 0 amide bonds. The highest BCUT2D eigenvalue weighted by molar-refractivity contribution is 5.91. The van der Waals surface area contributed by atoms with Gasteiger partial charge in [-0.2, -0.15) is 0 Å². The van der Waals surface area contributed by atoms with Gasteiger partial charge in [-0.25, -0.2) is 9.18 Å². The zero-order chi connectivity index (χ0) is 26.3. The third kappa shape index (κ3) is 9.68. The van der Waals surface area contributed by atoms with Crippen molar-refractivity contribution in [1.29, 1.82) is 0 Å². The van der Waals surface area contributed by atoms with Crippen LogP contribution in [0.15, 0.2) is 66.7 Å². The maximum Gasteiger partial charge on any atom is 0.343 e. The fourth-order valence-corrected chi connectivity index (χ4v) is 4.31. The van der Waals surface area contributed by atoms with Gasteiger partial charge in [-0.3, -0.25) is 0 Å². The minimum absolute atomic E-state index is 0.155. The summed E-state index contributed by atoms with van der Waals surface area (Å²) < 4.78 is 25.4. The molecule has 0 fully saturated rings. The number of unbranched alkanes of at least 4 members (excludes halogenated alkanes) is 8. The maximum atomic E-state index is 14.4. The van der Waals surface area contributed by atoms with Gasteiger partial charge < -0.3 is 9.47 Å². The summed E-state index contributed by atoms with van der Waals surface area (Å²) in [6.45, 7) is 4.88. The molecule has 0 unspecified atom stereocenters. The van der Waals surface area contributed by atoms with Crippen LogP contribution in [0.3, 0.4) is 0 Å². The Balaban J connectivity index is 1.48. The molecule has 0 atom stereocenters. The van der Waals surface area contributed by atoms with E-state index in [2.05, 4.69) is 38.1 Å². The Kier molecular flexibility index (Phi) is 12.2. The lowest BCUT2D eigenvalue weighted by Gasteiger charge is -2.09. The molecule has 0 spiro atoms. The van der Waals surface area contributed by atoms with E-state index in [4.69, 9.17) is 9.47 Å². The lowest BCUT2D eigenvalue weighted by Crippen LogP contribution is -2.09. The molecular formula is C33H41FO3. The van der Waals surface area contributed by atoms with Crippen molar-refractivity contribution in [3.8, 4) is 22.6 Å². The Morgan fingerprint density at radius 1 is 0.703 bits per heavy atom. The second-order valence-electron chi connectivity index (χ2n) is 9.68. The summed E-state index contributed by atoms with van der Waals surface area (Å²) >= 11 is 0. The molecule has 3 aromatic carbocycles. The Morgan fingerprint density at radius 3 is 1.92 bits per heavy atom. The topological polar surface area (TPSA) is 35.5 Å². The van der Waals surface area contributed by atoms with Gasteiger partial charge in [-0.05, 0) is 66.3 Å². The molecule has 3 aromatic rings. The molecule has 0 bridgehead atoms. The number of carbonyl (C=O) groups is 1. The van der Waals surface area contributed by atoms with Crippen molar-refractivity contribution in [2.45, 2.75) is 84.5 Å². The third-order valence-corrected chi connectivity index (χ3v) is 6.59. The second-order valence-corrected chi connectivity index (χ2v) is 9.68. The SMILES string of the molecule is CCCCCCCOc1ccc(C(=O)Oc2ccc(-c3ccc(CCCCCCC)cc3)cc2)cc1F. The maximum absolute atomic E-state index is 14.4. The van der Waals surface area contributed by atoms with Crippen LogP contribution in [-0.4, -0.2) is 12.6 Å². The molecule has 0 aliphatic rings. The van der Waals surface area contributed by atoms with Crippen molar-refractivity contribution in [3.05, 3.63) is 83.7 Å². The summed E-state index contributed by atoms with van der Waals surface area (Å²) in [6.07, 6.45) is 13.1. The molecule has 0 N–H and O–H groups in total. The van der Waals surface area contributed by atoms with Crippen molar-refractivity contribution in [2.75, 3.05) is 6.61 Å². The number of benzene rings is 3. The summed E-state index contributed by atoms with van der Waals surface area (Å²) in [6, 6.07) is 20.3. The van der Waals surface area contributed by atoms with Gasteiger partial charge >= 0.3 is 5.97 Å². The molecule has 4 heteroatoms. The first-order valence-electron chi connectivity index (χ1n) is 13.9. The predicted octanol–water partition coefficient (Wildman–Crippen LogP) is 9.57. The zero-order valence-electron chi connectivity index (χ0n) is 22.4. The smallest absolute Gasteiger partial charge is 0.343 e. The highest BCUT2D eigenvalue weighted by Crippen LogP contribution is 2.25. The number of carbonyl (C=O) groups excluding carboxylic acids is 1. The Hall–Kier alpha value is -3.14. The largest absolute Gasteiger partial charge is 0.491 e. The monoisotopic (exact) mass is 504 g/mol. The Morgan fingerprint density at radius 2 is 1.30 bits per heavy atom. The first-order chi connectivity index (χ1) is 18.1. The average molecular weight is 505 g/mol. The highest BCUT2D eigenvalue weighted by atomic mass is 19.1. The normalized spacial score (nSPS) is 10.9. The van der Waals surface area contributed by atoms with Gasteiger partial charge in [0.15, 0.2) is 11.6 Å². The number of hydrogen-bond donors (Lipinski definition) is 0. The van der Waals surface area contributed by atoms with E-state index in [1.807, 2.05) is 12.1 Å². The highest BCUT2D eigenvalue weighted by Gasteiger charge is 2.13. The van der Waals surface area contributed by atoms with Crippen LogP contribution in [0.1, 0.15) is 94.0 Å². The summed E-state index contributed by atoms with van der Waals surface area (Å²) in [7, 11) is 0. The first-order valence-corrected chi connectivity index (χ1v) is 13.9. The van der Waals surface area contributed by atoms with Crippen LogP contribution in [-0.2, 0) is 6.42 Å². The molecule has 0 aliphatic heterocycles. The predicted molar refractivity (Wildman–Crippen MR) is 150 cm³/mol. The van der Waals surface area contributed by atoms with Crippen LogP contribution in [0.4, 0.5) is 4.39 Å². The summed E-state index contributed by atoms with van der Waals surface area (Å²) in [5.41, 5.74) is 3.69. The second kappa shape index (κ2) is 15.9. The van der Waals surface area contributed by atoms with Crippen molar-refractivity contribution in [3.63, 3.8) is 0 Å². The number of halogens is 1. The fourth-order valence-electron chi connectivity index (χ4n) is 4.31. The number of ether oxygens (including phenoxy) is 2. The molecule has 198 valence electrons. The molecule has 0 radical (unpaired) electrons. The Labute approximate surface area is 222 Å². The van der Waals surface area contributed by atoms with Gasteiger partial charge in [-0.1, -0.05) is 102 Å². The average Bonchev–Trinajstić information content (AvgIpc) is 2.92. The number of aryl methyl sites for hydroxylation is 1. The molecular weight excluding hydrogens is 463 g/mol. The molecule has 0 aliphatic carbocycles. The van der Waals surface area contributed by atoms with Crippen LogP contribution < -0.4 is 9.47 Å². The molecule has 0 saturated heterocycles. The number of hydrogen-bond acceptors (Lipinski definition) is 3. The van der Waals surface area contributed by atoms with Gasteiger partial charge in [0.05, 0.1) is 12.2 Å². The number of rotatable bonds is 16. The van der Waals surface area contributed by atoms with Gasteiger partial charge in [0.2, 0.25) is 0 Å². The van der Waals surface area contributed by atoms with Gasteiger partial charge in [0.1, 0.15) is 5.75 Å². The van der Waals surface area contributed by atoms with Crippen molar-refractivity contribution in [2.24, 2.45) is 0 Å².